The fraction of sp³-hybridized carbons (Fsp3) is 0.632. The predicted molar refractivity (Wildman–Crippen MR) is 102 cm³/mol. The average Bonchev–Trinajstić information content (AvgIpc) is 3.10. The van der Waals surface area contributed by atoms with Crippen LogP contribution in [0, 0.1) is 11.8 Å². The van der Waals surface area contributed by atoms with Gasteiger partial charge in [0.1, 0.15) is 0 Å². The number of carbonyl (C=O) groups is 1. The van der Waals surface area contributed by atoms with Crippen LogP contribution in [0.15, 0.2) is 18.2 Å². The van der Waals surface area contributed by atoms with Gasteiger partial charge < -0.3 is 10.2 Å². The van der Waals surface area contributed by atoms with Gasteiger partial charge in [-0.1, -0.05) is 0 Å². The van der Waals surface area contributed by atoms with Crippen LogP contribution in [0.2, 0.25) is 0 Å². The molecule has 2 fully saturated rings. The summed E-state index contributed by atoms with van der Waals surface area (Å²) < 4.78 is 25.6. The number of nitrogens with one attached hydrogen (secondary N) is 1. The minimum absolute atomic E-state index is 0.0752. The fourth-order valence-corrected chi connectivity index (χ4v) is 6.11. The van der Waals surface area contributed by atoms with E-state index in [-0.39, 0.29) is 11.9 Å². The lowest BCUT2D eigenvalue weighted by Gasteiger charge is -2.23. The van der Waals surface area contributed by atoms with E-state index in [1.165, 1.54) is 10.6 Å². The summed E-state index contributed by atoms with van der Waals surface area (Å²) >= 11 is 0. The van der Waals surface area contributed by atoms with Gasteiger partial charge in [0.05, 0.1) is 11.9 Å². The summed E-state index contributed by atoms with van der Waals surface area (Å²) in [6.07, 6.45) is 4.01. The molecule has 0 bridgehead atoms. The smallest absolute Gasteiger partial charge is 0.253 e. The van der Waals surface area contributed by atoms with Crippen molar-refractivity contribution < 1.29 is 13.2 Å². The Kier molecular flexibility index (Phi) is 4.47. The van der Waals surface area contributed by atoms with E-state index in [2.05, 4.69) is 5.32 Å². The van der Waals surface area contributed by atoms with Crippen molar-refractivity contribution in [3.8, 4) is 0 Å². The molecule has 1 aromatic rings. The van der Waals surface area contributed by atoms with E-state index in [1.54, 1.807) is 12.1 Å². The van der Waals surface area contributed by atoms with E-state index in [9.17, 15) is 13.2 Å². The number of anilines is 1. The first kappa shape index (κ1) is 17.8. The fourth-order valence-electron chi connectivity index (χ4n) is 4.84. The lowest BCUT2D eigenvalue weighted by atomic mass is 9.92. The molecule has 4 rings (SSSR count). The van der Waals surface area contributed by atoms with E-state index in [4.69, 9.17) is 0 Å². The molecule has 0 radical (unpaired) electrons. The van der Waals surface area contributed by atoms with Crippen molar-refractivity contribution in [3.63, 3.8) is 0 Å². The highest BCUT2D eigenvalue weighted by molar-refractivity contribution is 7.92. The third kappa shape index (κ3) is 3.11. The first-order chi connectivity index (χ1) is 12.3. The number of likely N-dealkylation sites (tertiary alicyclic amines) is 1. The molecule has 1 aromatic carbocycles. The average molecular weight is 378 g/mol. The molecule has 3 aliphatic rings. The first-order valence-electron chi connectivity index (χ1n) is 9.47. The van der Waals surface area contributed by atoms with Gasteiger partial charge in [0, 0.05) is 24.7 Å². The molecule has 1 N–H and O–H groups in total. The molecule has 0 saturated carbocycles. The van der Waals surface area contributed by atoms with Gasteiger partial charge in [0.15, 0.2) is 0 Å². The van der Waals surface area contributed by atoms with Crippen molar-refractivity contribution >= 4 is 21.6 Å². The van der Waals surface area contributed by atoms with Crippen LogP contribution in [-0.4, -0.2) is 57.7 Å². The Morgan fingerprint density at radius 3 is 2.42 bits per heavy atom. The summed E-state index contributed by atoms with van der Waals surface area (Å²) in [5, 5.41) is 3.46. The molecule has 7 heteroatoms. The van der Waals surface area contributed by atoms with Crippen LogP contribution >= 0.6 is 0 Å². The van der Waals surface area contributed by atoms with Crippen molar-refractivity contribution in [2.75, 3.05) is 36.7 Å². The highest BCUT2D eigenvalue weighted by Crippen LogP contribution is 2.35. The SMILES string of the molecule is CC1Cc2cc(C(=O)N3CC[C@@H]4CNC[C@@H]4CC3)ccc2N1S(C)(=O)=O. The van der Waals surface area contributed by atoms with Crippen LogP contribution in [0.1, 0.15) is 35.7 Å². The van der Waals surface area contributed by atoms with E-state index < -0.39 is 10.0 Å². The molecule has 0 aromatic heterocycles. The summed E-state index contributed by atoms with van der Waals surface area (Å²) in [5.74, 6) is 1.46. The van der Waals surface area contributed by atoms with E-state index >= 15 is 0 Å². The van der Waals surface area contributed by atoms with Crippen LogP contribution in [0.3, 0.4) is 0 Å². The molecule has 3 aliphatic heterocycles. The van der Waals surface area contributed by atoms with Crippen LogP contribution < -0.4 is 9.62 Å². The Hall–Kier alpha value is -1.60. The maximum atomic E-state index is 13.0. The van der Waals surface area contributed by atoms with Gasteiger partial charge in [-0.3, -0.25) is 9.10 Å². The monoisotopic (exact) mass is 377 g/mol. The second-order valence-electron chi connectivity index (χ2n) is 8.00. The second kappa shape index (κ2) is 6.53. The lowest BCUT2D eigenvalue weighted by molar-refractivity contribution is 0.0758. The van der Waals surface area contributed by atoms with Gasteiger partial charge in [-0.15, -0.1) is 0 Å². The normalized spacial score (nSPS) is 28.6. The molecule has 6 nitrogen and oxygen atoms in total. The molecule has 1 unspecified atom stereocenters. The number of nitrogens with zero attached hydrogens (tertiary/aromatic N) is 2. The number of hydrogen-bond donors (Lipinski definition) is 1. The van der Waals surface area contributed by atoms with E-state index in [1.807, 2.05) is 17.9 Å². The maximum Gasteiger partial charge on any atom is 0.253 e. The predicted octanol–water partition coefficient (Wildman–Crippen LogP) is 1.47. The number of benzene rings is 1. The Labute approximate surface area is 155 Å². The third-order valence-corrected chi connectivity index (χ3v) is 7.41. The number of fused-ring (bicyclic) bond motifs is 2. The zero-order valence-electron chi connectivity index (χ0n) is 15.4. The molecule has 2 saturated heterocycles. The second-order valence-corrected chi connectivity index (χ2v) is 9.86. The van der Waals surface area contributed by atoms with Crippen LogP contribution in [0.5, 0.6) is 0 Å². The largest absolute Gasteiger partial charge is 0.339 e. The molecular weight excluding hydrogens is 350 g/mol. The van der Waals surface area contributed by atoms with Gasteiger partial charge >= 0.3 is 0 Å². The zero-order chi connectivity index (χ0) is 18.5. The number of carbonyl (C=O) groups excluding carboxylic acids is 1. The Morgan fingerprint density at radius 1 is 1.15 bits per heavy atom. The van der Waals surface area contributed by atoms with Crippen molar-refractivity contribution in [2.45, 2.75) is 32.2 Å². The van der Waals surface area contributed by atoms with E-state index in [0.717, 1.165) is 44.6 Å². The van der Waals surface area contributed by atoms with Gasteiger partial charge in [0.2, 0.25) is 10.0 Å². The standard InChI is InChI=1S/C19H27N3O3S/c1-13-9-17-10-14(3-4-18(17)22(13)26(2,24)25)19(23)21-7-5-15-11-20-12-16(15)6-8-21/h3-4,10,13,15-16,20H,5-9,11-12H2,1-2H3/t13?,15-,16+. The van der Waals surface area contributed by atoms with Gasteiger partial charge in [-0.25, -0.2) is 8.42 Å². The van der Waals surface area contributed by atoms with Crippen molar-refractivity contribution in [3.05, 3.63) is 29.3 Å². The van der Waals surface area contributed by atoms with Crippen LogP contribution in [0.4, 0.5) is 5.69 Å². The van der Waals surface area contributed by atoms with Crippen molar-refractivity contribution in [2.24, 2.45) is 11.8 Å². The summed E-state index contributed by atoms with van der Waals surface area (Å²) in [6.45, 7) is 5.68. The highest BCUT2D eigenvalue weighted by atomic mass is 32.2. The quantitative estimate of drug-likeness (QED) is 0.847. The van der Waals surface area contributed by atoms with E-state index in [0.29, 0.717) is 29.5 Å². The molecule has 3 atom stereocenters. The maximum absolute atomic E-state index is 13.0. The number of sulfonamides is 1. The Morgan fingerprint density at radius 2 is 1.81 bits per heavy atom. The molecular formula is C19H27N3O3S. The number of rotatable bonds is 2. The number of hydrogen-bond acceptors (Lipinski definition) is 4. The summed E-state index contributed by atoms with van der Waals surface area (Å²) in [6, 6.07) is 5.37. The summed E-state index contributed by atoms with van der Waals surface area (Å²) in [5.41, 5.74) is 2.34. The summed E-state index contributed by atoms with van der Waals surface area (Å²) in [4.78, 5) is 15.0. The molecule has 1 amide bonds. The highest BCUT2D eigenvalue weighted by Gasteiger charge is 2.34. The minimum Gasteiger partial charge on any atom is -0.339 e. The van der Waals surface area contributed by atoms with Crippen molar-refractivity contribution in [1.29, 1.82) is 0 Å². The van der Waals surface area contributed by atoms with Gasteiger partial charge in [0.25, 0.3) is 5.91 Å². The minimum atomic E-state index is -3.30. The van der Waals surface area contributed by atoms with Gasteiger partial charge in [-0.05, 0) is 74.9 Å². The lowest BCUT2D eigenvalue weighted by Crippen LogP contribution is -2.34. The van der Waals surface area contributed by atoms with Gasteiger partial charge in [-0.2, -0.15) is 0 Å². The first-order valence-corrected chi connectivity index (χ1v) is 11.3. The Balaban J connectivity index is 1.54. The van der Waals surface area contributed by atoms with Crippen molar-refractivity contribution in [1.82, 2.24) is 10.2 Å². The molecule has 0 aliphatic carbocycles. The Bertz CT molecular complexity index is 809. The molecule has 26 heavy (non-hydrogen) atoms. The zero-order valence-corrected chi connectivity index (χ0v) is 16.3. The molecule has 3 heterocycles. The summed E-state index contributed by atoms with van der Waals surface area (Å²) in [7, 11) is -3.30. The van der Waals surface area contributed by atoms with Crippen LogP contribution in [-0.2, 0) is 16.4 Å². The molecule has 142 valence electrons. The molecule has 0 spiro atoms. The topological polar surface area (TPSA) is 69.7 Å². The number of amides is 1. The third-order valence-electron chi connectivity index (χ3n) is 6.14. The van der Waals surface area contributed by atoms with Crippen LogP contribution in [0.25, 0.3) is 0 Å².